The number of fused-ring (bicyclic) bond motifs is 1. The van der Waals surface area contributed by atoms with Crippen LogP contribution in [0.3, 0.4) is 0 Å². The van der Waals surface area contributed by atoms with Crippen LogP contribution in [0.1, 0.15) is 11.1 Å². The molecule has 0 unspecified atom stereocenters. The molecule has 4 heterocycles. The van der Waals surface area contributed by atoms with Gasteiger partial charge in [-0.25, -0.2) is 4.79 Å². The van der Waals surface area contributed by atoms with Gasteiger partial charge in [0.25, 0.3) is 0 Å². The van der Waals surface area contributed by atoms with E-state index in [4.69, 9.17) is 42.3 Å². The van der Waals surface area contributed by atoms with Gasteiger partial charge in [-0.3, -0.25) is 4.79 Å². The number of esters is 2. The number of hydrogen-bond acceptors (Lipinski definition) is 24. The Bertz CT molecular complexity index is 2890. The molecule has 3 saturated heterocycles. The predicted molar refractivity (Wildman–Crippen MR) is 256 cm³/mol. The molecule has 3 aromatic carbocycles. The number of phenolic OH excluding ortho intramolecular Hbond substituents is 4. The first-order valence-electron chi connectivity index (χ1n) is 23.2. The number of benzene rings is 4. The summed E-state index contributed by atoms with van der Waals surface area (Å²) in [4.78, 5) is 36.5. The molecule has 1 aliphatic carbocycles. The first kappa shape index (κ1) is 55.0. The molecule has 0 bridgehead atoms. The second kappa shape index (κ2) is 23.8. The van der Waals surface area contributed by atoms with Crippen molar-refractivity contribution >= 4 is 24.1 Å². The van der Waals surface area contributed by atoms with Crippen molar-refractivity contribution in [3.05, 3.63) is 118 Å². The van der Waals surface area contributed by atoms with Crippen LogP contribution in [0.25, 0.3) is 34.8 Å². The Balaban J connectivity index is 1.12. The van der Waals surface area contributed by atoms with Gasteiger partial charge in [0.2, 0.25) is 19.2 Å². The van der Waals surface area contributed by atoms with E-state index in [1.807, 2.05) is 0 Å². The van der Waals surface area contributed by atoms with Crippen LogP contribution in [0.5, 0.6) is 34.5 Å². The quantitative estimate of drug-likeness (QED) is 0.0242. The van der Waals surface area contributed by atoms with E-state index in [2.05, 4.69) is 0 Å². The molecule has 14 N–H and O–H groups in total. The highest BCUT2D eigenvalue weighted by atomic mass is 16.8. The van der Waals surface area contributed by atoms with Crippen molar-refractivity contribution in [3.63, 3.8) is 0 Å². The molecule has 4 aliphatic heterocycles. The van der Waals surface area contributed by atoms with Crippen LogP contribution in [-0.4, -0.2) is 195 Å². The Morgan fingerprint density at radius 1 is 0.566 bits per heavy atom. The standard InChI is InChI=1S/C51H52O25/c52-19-34-39(60)42(63)45(66)49(73-34)71-32-17-27(55)16-31-28(32)18-33(47(70-31)24-6-10-26(54)11-7-24)72-51-48(44(65)41(62)36(75-51)21-69-37(58)13-4-22-1-8-25(53)9-2-22)76-50-46(67)43(64)40(61)35(74-50)20-68-38(59)14-5-23-3-12-29(56)30(57)15-23/h1-18,34-36,39-46,48-54,56-57,60-67H,19-21H2/p+1/t34-,35+,36+,39+,40+,41+,42-,43-,44-,45-,46-,48-,49+,50-,51+/m0/s1. The summed E-state index contributed by atoms with van der Waals surface area (Å²) in [5.41, 5.74) is 0.199. The van der Waals surface area contributed by atoms with Crippen LogP contribution >= 0.6 is 0 Å². The number of phenols is 4. The maximum Gasteiger partial charge on any atom is 0.510 e. The van der Waals surface area contributed by atoms with Gasteiger partial charge in [0.15, 0.2) is 46.9 Å². The van der Waals surface area contributed by atoms with Crippen LogP contribution in [0.2, 0.25) is 0 Å². The van der Waals surface area contributed by atoms with E-state index < -0.39 is 141 Å². The second-order valence-corrected chi connectivity index (χ2v) is 17.7. The molecule has 0 spiro atoms. The highest BCUT2D eigenvalue weighted by Crippen LogP contribution is 2.43. The molecule has 8 rings (SSSR count). The van der Waals surface area contributed by atoms with E-state index in [-0.39, 0.29) is 51.2 Å². The van der Waals surface area contributed by atoms with Gasteiger partial charge < -0.3 is 113 Å². The maximum absolute atomic E-state index is 13.1. The zero-order valence-corrected chi connectivity index (χ0v) is 39.4. The topological polar surface area (TPSA) is 406 Å². The van der Waals surface area contributed by atoms with E-state index in [1.54, 1.807) is 0 Å². The number of ether oxygens (including phenoxy) is 8. The van der Waals surface area contributed by atoms with Crippen LogP contribution in [0.4, 0.5) is 0 Å². The lowest BCUT2D eigenvalue weighted by atomic mass is 9.97. The molecule has 406 valence electrons. The van der Waals surface area contributed by atoms with E-state index in [0.29, 0.717) is 5.56 Å². The summed E-state index contributed by atoms with van der Waals surface area (Å²) in [6.45, 7) is -2.28. The molecule has 0 aromatic heterocycles. The van der Waals surface area contributed by atoms with Crippen LogP contribution < -0.4 is 14.9 Å². The molecule has 0 radical (unpaired) electrons. The Kier molecular flexibility index (Phi) is 17.2. The molecule has 3 fully saturated rings. The Labute approximate surface area is 429 Å². The highest BCUT2D eigenvalue weighted by molar-refractivity contribution is 5.88. The third-order valence-corrected chi connectivity index (χ3v) is 12.4. The largest absolute Gasteiger partial charge is 0.510 e. The van der Waals surface area contributed by atoms with Gasteiger partial charge >= 0.3 is 11.9 Å². The third kappa shape index (κ3) is 12.5. The minimum absolute atomic E-state index is 0.00659. The van der Waals surface area contributed by atoms with Crippen molar-refractivity contribution in [1.82, 2.24) is 0 Å². The summed E-state index contributed by atoms with van der Waals surface area (Å²) in [6.07, 6.45) is -23.5. The molecule has 25 nitrogen and oxygen atoms in total. The van der Waals surface area contributed by atoms with Crippen LogP contribution in [0.15, 0.2) is 106 Å². The van der Waals surface area contributed by atoms with Crippen molar-refractivity contribution in [2.24, 2.45) is 0 Å². The third-order valence-electron chi connectivity index (χ3n) is 12.4. The normalized spacial score (nSPS) is 29.8. The SMILES string of the molecule is O=C(C=Cc1ccc(O)c(O)c1)OC[C@H]1O[C@@H](O[C@@H]2[C@H](Oc3cc4c(O[C@@H]5O[C@@H](CO)[C@@H](O)[C@H](O)[C@@H]5O)cc(=O)cc-4oc3-c3ccc(O)cc3)O[C@H](COC(=[OH+])C=Cc3ccc(O)cc3)[C@@H](O)[C@@H]2O)[C@@H](O)[C@@H](O)[C@@H]1O. The number of carbonyl (C=O) groups excluding carboxylic acids is 2. The van der Waals surface area contributed by atoms with E-state index in [1.165, 1.54) is 78.9 Å². The van der Waals surface area contributed by atoms with E-state index in [9.17, 15) is 80.8 Å². The highest BCUT2D eigenvalue weighted by Gasteiger charge is 2.53. The molecule has 5 aliphatic rings. The molecule has 15 atom stereocenters. The summed E-state index contributed by atoms with van der Waals surface area (Å²) in [7, 11) is 0. The number of carbonyl (C=O) groups is 1. The van der Waals surface area contributed by atoms with E-state index >= 15 is 0 Å². The maximum atomic E-state index is 13.1. The van der Waals surface area contributed by atoms with Crippen molar-refractivity contribution in [3.8, 4) is 57.1 Å². The van der Waals surface area contributed by atoms with Gasteiger partial charge in [-0.15, -0.1) is 0 Å². The Morgan fingerprint density at radius 3 is 1.80 bits per heavy atom. The molecule has 0 saturated carbocycles. The molecular formula is C51H53O25+. The summed E-state index contributed by atoms with van der Waals surface area (Å²) in [6, 6.07) is 18.1. The van der Waals surface area contributed by atoms with Crippen molar-refractivity contribution in [1.29, 1.82) is 0 Å². The molecular weight excluding hydrogens is 1010 g/mol. The van der Waals surface area contributed by atoms with Gasteiger partial charge in [-0.1, -0.05) is 18.2 Å². The van der Waals surface area contributed by atoms with Gasteiger partial charge in [0.1, 0.15) is 90.7 Å². The number of hydrogen-bond donors (Lipinski definition) is 13. The van der Waals surface area contributed by atoms with Crippen molar-refractivity contribution < 1.29 is 118 Å². The molecule has 0 amide bonds. The van der Waals surface area contributed by atoms with E-state index in [0.717, 1.165) is 30.4 Å². The van der Waals surface area contributed by atoms with Gasteiger partial charge in [0.05, 0.1) is 18.2 Å². The summed E-state index contributed by atoms with van der Waals surface area (Å²) in [5, 5.41) is 137. The lowest BCUT2D eigenvalue weighted by Gasteiger charge is -2.45. The molecule has 25 heteroatoms. The number of aliphatic hydroxyl groups is 9. The number of aromatic hydroxyl groups is 4. The Morgan fingerprint density at radius 2 is 1.13 bits per heavy atom. The van der Waals surface area contributed by atoms with Crippen LogP contribution in [-0.2, 0) is 33.2 Å². The second-order valence-electron chi connectivity index (χ2n) is 17.7. The fourth-order valence-corrected chi connectivity index (χ4v) is 8.17. The zero-order valence-electron chi connectivity index (χ0n) is 39.4. The fraction of sp³-hybridized carbons (Fsp3) is 0.353. The monoisotopic (exact) mass is 1070 g/mol. The van der Waals surface area contributed by atoms with Crippen LogP contribution in [0, 0.1) is 0 Å². The smallest absolute Gasteiger partial charge is 0.508 e. The van der Waals surface area contributed by atoms with Gasteiger partial charge in [-0.05, 0) is 77.9 Å². The lowest BCUT2D eigenvalue weighted by molar-refractivity contribution is -0.357. The first-order chi connectivity index (χ1) is 36.3. The Hall–Kier alpha value is -7.21. The van der Waals surface area contributed by atoms with Crippen molar-refractivity contribution in [2.75, 3.05) is 19.8 Å². The fourth-order valence-electron chi connectivity index (χ4n) is 8.17. The molecule has 76 heavy (non-hydrogen) atoms. The zero-order chi connectivity index (χ0) is 54.5. The number of aliphatic hydroxyl groups excluding tert-OH is 9. The number of rotatable bonds is 16. The average molecular weight is 1070 g/mol. The first-order valence-corrected chi connectivity index (χ1v) is 23.2. The lowest BCUT2D eigenvalue weighted by Crippen LogP contribution is -2.65. The minimum Gasteiger partial charge on any atom is -0.508 e. The van der Waals surface area contributed by atoms with Gasteiger partial charge in [0, 0.05) is 23.8 Å². The summed E-state index contributed by atoms with van der Waals surface area (Å²) < 4.78 is 52.7. The summed E-state index contributed by atoms with van der Waals surface area (Å²) >= 11 is 0. The van der Waals surface area contributed by atoms with Gasteiger partial charge in [-0.2, -0.15) is 0 Å². The summed E-state index contributed by atoms with van der Waals surface area (Å²) in [5.74, 6) is -3.85. The minimum atomic E-state index is -2.12. The molecule has 3 aromatic rings. The average Bonchev–Trinajstić information content (AvgIpc) is 3.41. The predicted octanol–water partition coefficient (Wildman–Crippen LogP) is -1.08. The van der Waals surface area contributed by atoms with Crippen molar-refractivity contribution in [2.45, 2.75) is 92.1 Å².